The Morgan fingerprint density at radius 3 is 2.88 bits per heavy atom. The van der Waals surface area contributed by atoms with Gasteiger partial charge in [0.05, 0.1) is 11.9 Å². The number of nitrogens with zero attached hydrogens (tertiary/aromatic N) is 3. The summed E-state index contributed by atoms with van der Waals surface area (Å²) in [6, 6.07) is 9.52. The van der Waals surface area contributed by atoms with E-state index < -0.39 is 0 Å². The number of anilines is 1. The fraction of sp³-hybridized carbons (Fsp3) is 0.278. The zero-order valence-corrected chi connectivity index (χ0v) is 13.4. The number of aryl methyl sites for hydroxylation is 1. The molecule has 24 heavy (non-hydrogen) atoms. The Labute approximate surface area is 139 Å². The summed E-state index contributed by atoms with van der Waals surface area (Å²) >= 11 is 0. The molecule has 6 heteroatoms. The molecule has 1 N–H and O–H groups in total. The van der Waals surface area contributed by atoms with Crippen LogP contribution in [0, 0.1) is 12.8 Å². The topological polar surface area (TPSA) is 73.0 Å². The lowest BCUT2D eigenvalue weighted by molar-refractivity contribution is 0.101. The molecule has 1 aliphatic rings. The maximum atomic E-state index is 12.3. The molecule has 122 valence electrons. The van der Waals surface area contributed by atoms with Crippen molar-refractivity contribution in [2.45, 2.75) is 26.3 Å². The van der Waals surface area contributed by atoms with Gasteiger partial charge in [0.1, 0.15) is 0 Å². The zero-order valence-electron chi connectivity index (χ0n) is 13.4. The Bertz CT molecular complexity index is 859. The van der Waals surface area contributed by atoms with Crippen LogP contribution in [0.4, 0.5) is 5.69 Å². The van der Waals surface area contributed by atoms with E-state index in [-0.39, 0.29) is 11.6 Å². The van der Waals surface area contributed by atoms with Crippen molar-refractivity contribution in [3.8, 4) is 11.3 Å². The first-order valence-corrected chi connectivity index (χ1v) is 8.05. The highest BCUT2D eigenvalue weighted by Crippen LogP contribution is 2.30. The van der Waals surface area contributed by atoms with Crippen LogP contribution in [0.5, 0.6) is 0 Å². The van der Waals surface area contributed by atoms with Crippen molar-refractivity contribution in [2.24, 2.45) is 5.92 Å². The first kappa shape index (κ1) is 14.7. The zero-order chi connectivity index (χ0) is 16.5. The van der Waals surface area contributed by atoms with Gasteiger partial charge in [-0.3, -0.25) is 9.48 Å². The van der Waals surface area contributed by atoms with E-state index in [9.17, 15) is 4.79 Å². The predicted octanol–water partition coefficient (Wildman–Crippen LogP) is 3.51. The highest BCUT2D eigenvalue weighted by Gasteiger charge is 2.22. The first-order valence-electron chi connectivity index (χ1n) is 8.05. The third-order valence-electron chi connectivity index (χ3n) is 4.11. The molecule has 3 aromatic rings. The van der Waals surface area contributed by atoms with Gasteiger partial charge in [-0.1, -0.05) is 35.0 Å². The van der Waals surface area contributed by atoms with Crippen molar-refractivity contribution in [2.75, 3.05) is 5.32 Å². The molecule has 4 rings (SSSR count). The Hall–Kier alpha value is -2.89. The molecule has 0 radical (unpaired) electrons. The van der Waals surface area contributed by atoms with Crippen LogP contribution in [0.15, 0.2) is 47.2 Å². The standard InChI is InChI=1S/C18H18N4O2/c1-12-2-6-14(7-3-12)17-8-16(21-24-17)18(23)20-15-9-19-22(11-15)10-13-4-5-13/h2-3,6-9,11,13H,4-5,10H2,1H3,(H,20,23). The van der Waals surface area contributed by atoms with Gasteiger partial charge in [0, 0.05) is 24.4 Å². The van der Waals surface area contributed by atoms with Crippen LogP contribution >= 0.6 is 0 Å². The van der Waals surface area contributed by atoms with Crippen LogP contribution in [0.1, 0.15) is 28.9 Å². The van der Waals surface area contributed by atoms with Crippen LogP contribution < -0.4 is 5.32 Å². The summed E-state index contributed by atoms with van der Waals surface area (Å²) < 4.78 is 7.15. The van der Waals surface area contributed by atoms with E-state index in [4.69, 9.17) is 4.52 Å². The van der Waals surface area contributed by atoms with Crippen LogP contribution in [0.25, 0.3) is 11.3 Å². The number of benzene rings is 1. The Morgan fingerprint density at radius 1 is 1.33 bits per heavy atom. The molecule has 0 bridgehead atoms. The number of rotatable bonds is 5. The number of aromatic nitrogens is 3. The summed E-state index contributed by atoms with van der Waals surface area (Å²) in [4.78, 5) is 12.3. The van der Waals surface area contributed by atoms with E-state index in [0.29, 0.717) is 11.4 Å². The van der Waals surface area contributed by atoms with Gasteiger partial charge < -0.3 is 9.84 Å². The molecule has 2 aromatic heterocycles. The second kappa shape index (κ2) is 5.96. The minimum atomic E-state index is -0.303. The SMILES string of the molecule is Cc1ccc(-c2cc(C(=O)Nc3cnn(CC4CC4)c3)no2)cc1. The summed E-state index contributed by atoms with van der Waals surface area (Å²) in [5.41, 5.74) is 2.98. The van der Waals surface area contributed by atoms with Crippen molar-refractivity contribution < 1.29 is 9.32 Å². The summed E-state index contributed by atoms with van der Waals surface area (Å²) in [7, 11) is 0. The number of hydrogen-bond acceptors (Lipinski definition) is 4. The number of hydrogen-bond donors (Lipinski definition) is 1. The highest BCUT2D eigenvalue weighted by atomic mass is 16.5. The molecule has 6 nitrogen and oxygen atoms in total. The van der Waals surface area contributed by atoms with Crippen LogP contribution in [-0.4, -0.2) is 20.8 Å². The van der Waals surface area contributed by atoms with E-state index in [1.165, 1.54) is 18.4 Å². The Kier molecular flexibility index (Phi) is 3.65. The van der Waals surface area contributed by atoms with Crippen molar-refractivity contribution in [1.29, 1.82) is 0 Å². The number of nitrogens with one attached hydrogen (secondary N) is 1. The lowest BCUT2D eigenvalue weighted by Gasteiger charge is -1.98. The molecular weight excluding hydrogens is 304 g/mol. The molecule has 0 saturated heterocycles. The van der Waals surface area contributed by atoms with Gasteiger partial charge >= 0.3 is 0 Å². The maximum Gasteiger partial charge on any atom is 0.277 e. The fourth-order valence-electron chi connectivity index (χ4n) is 2.52. The second-order valence-electron chi connectivity index (χ2n) is 6.29. The molecule has 1 aliphatic carbocycles. The molecule has 0 aliphatic heterocycles. The summed E-state index contributed by atoms with van der Waals surface area (Å²) in [6.45, 7) is 2.93. The molecule has 1 aromatic carbocycles. The molecule has 0 atom stereocenters. The third kappa shape index (κ3) is 3.22. The average Bonchev–Trinajstić information content (AvgIpc) is 3.07. The monoisotopic (exact) mass is 322 g/mol. The first-order chi connectivity index (χ1) is 11.7. The number of carbonyl (C=O) groups is 1. The molecule has 2 heterocycles. The molecule has 1 amide bonds. The van der Waals surface area contributed by atoms with Crippen LogP contribution in [0.3, 0.4) is 0 Å². The smallest absolute Gasteiger partial charge is 0.277 e. The number of amides is 1. The maximum absolute atomic E-state index is 12.3. The van der Waals surface area contributed by atoms with Gasteiger partial charge in [-0.05, 0) is 25.7 Å². The molecule has 1 saturated carbocycles. The largest absolute Gasteiger partial charge is 0.355 e. The van der Waals surface area contributed by atoms with E-state index in [2.05, 4.69) is 15.6 Å². The van der Waals surface area contributed by atoms with Crippen LogP contribution in [0.2, 0.25) is 0 Å². The fourth-order valence-corrected chi connectivity index (χ4v) is 2.52. The third-order valence-corrected chi connectivity index (χ3v) is 4.11. The van der Waals surface area contributed by atoms with Gasteiger partial charge in [-0.2, -0.15) is 5.10 Å². The van der Waals surface area contributed by atoms with Crippen molar-refractivity contribution >= 4 is 11.6 Å². The van der Waals surface area contributed by atoms with E-state index in [1.807, 2.05) is 42.1 Å². The molecular formula is C18H18N4O2. The Morgan fingerprint density at radius 2 is 2.12 bits per heavy atom. The van der Waals surface area contributed by atoms with E-state index in [1.54, 1.807) is 12.3 Å². The highest BCUT2D eigenvalue weighted by molar-refractivity contribution is 6.03. The van der Waals surface area contributed by atoms with Crippen LogP contribution in [-0.2, 0) is 6.54 Å². The predicted molar refractivity (Wildman–Crippen MR) is 89.6 cm³/mol. The van der Waals surface area contributed by atoms with Crippen molar-refractivity contribution in [3.05, 3.63) is 54.0 Å². The average molecular weight is 322 g/mol. The number of carbonyl (C=O) groups excluding carboxylic acids is 1. The van der Waals surface area contributed by atoms with Crippen molar-refractivity contribution in [3.63, 3.8) is 0 Å². The van der Waals surface area contributed by atoms with Gasteiger partial charge in [0.15, 0.2) is 11.5 Å². The lowest BCUT2D eigenvalue weighted by Crippen LogP contribution is -2.11. The molecule has 0 spiro atoms. The van der Waals surface area contributed by atoms with Gasteiger partial charge in [-0.25, -0.2) is 0 Å². The second-order valence-corrected chi connectivity index (χ2v) is 6.29. The quantitative estimate of drug-likeness (QED) is 0.780. The minimum absolute atomic E-state index is 0.250. The normalized spacial score (nSPS) is 13.9. The molecule has 0 unspecified atom stereocenters. The van der Waals surface area contributed by atoms with Gasteiger partial charge in [-0.15, -0.1) is 0 Å². The van der Waals surface area contributed by atoms with Crippen molar-refractivity contribution in [1.82, 2.24) is 14.9 Å². The Balaban J connectivity index is 1.44. The van der Waals surface area contributed by atoms with Gasteiger partial charge in [0.2, 0.25) is 0 Å². The van der Waals surface area contributed by atoms with Gasteiger partial charge in [0.25, 0.3) is 5.91 Å². The summed E-state index contributed by atoms with van der Waals surface area (Å²) in [5, 5.41) is 10.9. The van der Waals surface area contributed by atoms with E-state index in [0.717, 1.165) is 18.0 Å². The minimum Gasteiger partial charge on any atom is -0.355 e. The lowest BCUT2D eigenvalue weighted by atomic mass is 10.1. The van der Waals surface area contributed by atoms with E-state index >= 15 is 0 Å². The molecule has 1 fully saturated rings. The summed E-state index contributed by atoms with van der Waals surface area (Å²) in [6.07, 6.45) is 6.03. The summed E-state index contributed by atoms with van der Waals surface area (Å²) in [5.74, 6) is 1.01.